The quantitative estimate of drug-likeness (QED) is 0.812. The van der Waals surface area contributed by atoms with Crippen LogP contribution in [-0.2, 0) is 13.0 Å². The number of hydrogen-bond donors (Lipinski definition) is 1. The van der Waals surface area contributed by atoms with E-state index in [1.165, 1.54) is 5.39 Å². The Morgan fingerprint density at radius 1 is 1.19 bits per heavy atom. The van der Waals surface area contributed by atoms with Crippen LogP contribution in [0.3, 0.4) is 0 Å². The fourth-order valence-electron chi connectivity index (χ4n) is 2.78. The van der Waals surface area contributed by atoms with Crippen molar-refractivity contribution in [2.75, 3.05) is 19.6 Å². The highest BCUT2D eigenvalue weighted by molar-refractivity contribution is 5.81. The predicted octanol–water partition coefficient (Wildman–Crippen LogP) is 2.69. The van der Waals surface area contributed by atoms with E-state index >= 15 is 0 Å². The second-order valence-electron chi connectivity index (χ2n) is 5.45. The number of benzene rings is 1. The summed E-state index contributed by atoms with van der Waals surface area (Å²) in [6.45, 7) is 10.3. The number of nitrogens with zero attached hydrogens (tertiary/aromatic N) is 3. The van der Waals surface area contributed by atoms with Gasteiger partial charge in [-0.05, 0) is 32.5 Å². The average molecular weight is 289 g/mol. The van der Waals surface area contributed by atoms with E-state index in [1.807, 2.05) is 16.8 Å². The lowest BCUT2D eigenvalue weighted by atomic mass is 10.1. The standard InChI is InChI=1S/C17H27N3O/c1-4-19(5-2)12-11-14(21)13-16-15-9-7-8-10-17(15)20(6-3)18-16/h7-10,14,21H,4-6,11-13H2,1-3H3. The molecule has 0 saturated carbocycles. The van der Waals surface area contributed by atoms with E-state index in [4.69, 9.17) is 0 Å². The third kappa shape index (κ3) is 3.83. The number of hydrogen-bond acceptors (Lipinski definition) is 3. The Bertz CT molecular complexity index is 560. The maximum absolute atomic E-state index is 10.3. The molecule has 0 spiro atoms. The molecule has 1 aromatic heterocycles. The zero-order valence-electron chi connectivity index (χ0n) is 13.4. The summed E-state index contributed by atoms with van der Waals surface area (Å²) in [6, 6.07) is 8.27. The van der Waals surface area contributed by atoms with E-state index in [0.717, 1.165) is 43.8 Å². The van der Waals surface area contributed by atoms with Gasteiger partial charge in [0, 0.05) is 24.9 Å². The van der Waals surface area contributed by atoms with Gasteiger partial charge in [-0.1, -0.05) is 32.0 Å². The molecule has 1 unspecified atom stereocenters. The van der Waals surface area contributed by atoms with Crippen LogP contribution in [0.4, 0.5) is 0 Å². The molecule has 4 nitrogen and oxygen atoms in total. The highest BCUT2D eigenvalue weighted by Crippen LogP contribution is 2.20. The zero-order chi connectivity index (χ0) is 15.2. The second-order valence-corrected chi connectivity index (χ2v) is 5.45. The van der Waals surface area contributed by atoms with Crippen LogP contribution < -0.4 is 0 Å². The van der Waals surface area contributed by atoms with E-state index < -0.39 is 0 Å². The van der Waals surface area contributed by atoms with E-state index in [9.17, 15) is 5.11 Å². The number of fused-ring (bicyclic) bond motifs is 1. The number of aryl methyl sites for hydroxylation is 1. The first-order valence-corrected chi connectivity index (χ1v) is 8.04. The van der Waals surface area contributed by atoms with Crippen LogP contribution in [0.1, 0.15) is 32.9 Å². The first kappa shape index (κ1) is 16.0. The molecule has 0 saturated heterocycles. The molecule has 1 atom stereocenters. The Kier molecular flexibility index (Phi) is 5.76. The summed E-state index contributed by atoms with van der Waals surface area (Å²) in [5.74, 6) is 0. The molecule has 1 aromatic carbocycles. The lowest BCUT2D eigenvalue weighted by Crippen LogP contribution is -2.27. The number of rotatable bonds is 8. The van der Waals surface area contributed by atoms with Gasteiger partial charge in [-0.15, -0.1) is 0 Å². The maximum Gasteiger partial charge on any atom is 0.0729 e. The Labute approximate surface area is 127 Å². The lowest BCUT2D eigenvalue weighted by molar-refractivity contribution is 0.143. The Morgan fingerprint density at radius 2 is 1.90 bits per heavy atom. The molecule has 0 fully saturated rings. The second kappa shape index (κ2) is 7.57. The van der Waals surface area contributed by atoms with Gasteiger partial charge in [0.05, 0.1) is 17.3 Å². The Morgan fingerprint density at radius 3 is 2.57 bits per heavy atom. The van der Waals surface area contributed by atoms with Gasteiger partial charge in [-0.2, -0.15) is 5.10 Å². The summed E-state index contributed by atoms with van der Waals surface area (Å²) < 4.78 is 2.02. The normalized spacial score (nSPS) is 13.2. The van der Waals surface area contributed by atoms with Gasteiger partial charge in [-0.25, -0.2) is 0 Å². The minimum absolute atomic E-state index is 0.325. The van der Waals surface area contributed by atoms with Crippen LogP contribution in [0.2, 0.25) is 0 Å². The van der Waals surface area contributed by atoms with E-state index in [2.05, 4.69) is 42.9 Å². The third-order valence-corrected chi connectivity index (χ3v) is 4.14. The molecule has 2 rings (SSSR count). The Balaban J connectivity index is 2.05. The fourth-order valence-corrected chi connectivity index (χ4v) is 2.78. The van der Waals surface area contributed by atoms with Crippen molar-refractivity contribution >= 4 is 10.9 Å². The van der Waals surface area contributed by atoms with Crippen LogP contribution >= 0.6 is 0 Å². The maximum atomic E-state index is 10.3. The minimum Gasteiger partial charge on any atom is -0.393 e. The van der Waals surface area contributed by atoms with Crippen molar-refractivity contribution in [1.29, 1.82) is 0 Å². The average Bonchev–Trinajstić information content (AvgIpc) is 2.86. The van der Waals surface area contributed by atoms with Gasteiger partial charge in [0.15, 0.2) is 0 Å². The molecule has 116 valence electrons. The smallest absolute Gasteiger partial charge is 0.0729 e. The molecule has 2 aromatic rings. The molecular formula is C17H27N3O. The zero-order valence-corrected chi connectivity index (χ0v) is 13.4. The van der Waals surface area contributed by atoms with Gasteiger partial charge in [0.25, 0.3) is 0 Å². The minimum atomic E-state index is -0.325. The summed E-state index contributed by atoms with van der Waals surface area (Å²) in [5, 5.41) is 16.1. The number of para-hydroxylation sites is 1. The van der Waals surface area contributed by atoms with Crippen LogP contribution in [0.25, 0.3) is 10.9 Å². The molecule has 0 aliphatic heterocycles. The van der Waals surface area contributed by atoms with Crippen LogP contribution in [0, 0.1) is 0 Å². The summed E-state index contributed by atoms with van der Waals surface area (Å²) in [6.07, 6.45) is 1.11. The van der Waals surface area contributed by atoms with Gasteiger partial charge < -0.3 is 10.0 Å². The lowest BCUT2D eigenvalue weighted by Gasteiger charge is -2.19. The van der Waals surface area contributed by atoms with E-state index in [1.54, 1.807) is 0 Å². The fraction of sp³-hybridized carbons (Fsp3) is 0.588. The van der Waals surface area contributed by atoms with Crippen LogP contribution in [0.5, 0.6) is 0 Å². The van der Waals surface area contributed by atoms with Crippen molar-refractivity contribution in [2.24, 2.45) is 0 Å². The molecule has 1 heterocycles. The van der Waals surface area contributed by atoms with E-state index in [-0.39, 0.29) is 6.10 Å². The topological polar surface area (TPSA) is 41.3 Å². The molecule has 1 N–H and O–H groups in total. The van der Waals surface area contributed by atoms with Crippen molar-refractivity contribution in [1.82, 2.24) is 14.7 Å². The molecule has 0 aliphatic carbocycles. The first-order valence-electron chi connectivity index (χ1n) is 8.04. The summed E-state index contributed by atoms with van der Waals surface area (Å²) >= 11 is 0. The van der Waals surface area contributed by atoms with Gasteiger partial charge in [0.2, 0.25) is 0 Å². The predicted molar refractivity (Wildman–Crippen MR) is 87.5 cm³/mol. The molecule has 0 bridgehead atoms. The molecular weight excluding hydrogens is 262 g/mol. The highest BCUT2D eigenvalue weighted by Gasteiger charge is 2.14. The SMILES string of the molecule is CCN(CC)CCC(O)Cc1nn(CC)c2ccccc12. The third-order valence-electron chi connectivity index (χ3n) is 4.14. The summed E-state index contributed by atoms with van der Waals surface area (Å²) in [5.41, 5.74) is 2.17. The van der Waals surface area contributed by atoms with Crippen LogP contribution in [0.15, 0.2) is 24.3 Å². The molecule has 0 radical (unpaired) electrons. The van der Waals surface area contributed by atoms with Gasteiger partial charge >= 0.3 is 0 Å². The van der Waals surface area contributed by atoms with Crippen molar-refractivity contribution in [3.63, 3.8) is 0 Å². The van der Waals surface area contributed by atoms with Crippen molar-refractivity contribution in [3.05, 3.63) is 30.0 Å². The highest BCUT2D eigenvalue weighted by atomic mass is 16.3. The largest absolute Gasteiger partial charge is 0.393 e. The Hall–Kier alpha value is -1.39. The number of aliphatic hydroxyl groups excluding tert-OH is 1. The number of aliphatic hydroxyl groups is 1. The van der Waals surface area contributed by atoms with Crippen molar-refractivity contribution < 1.29 is 5.11 Å². The summed E-state index contributed by atoms with van der Waals surface area (Å²) in [4.78, 5) is 2.34. The van der Waals surface area contributed by atoms with Gasteiger partial charge in [0.1, 0.15) is 0 Å². The van der Waals surface area contributed by atoms with Crippen molar-refractivity contribution in [2.45, 2.75) is 46.3 Å². The first-order chi connectivity index (χ1) is 10.2. The monoisotopic (exact) mass is 289 g/mol. The van der Waals surface area contributed by atoms with Gasteiger partial charge in [-0.3, -0.25) is 4.68 Å². The molecule has 21 heavy (non-hydrogen) atoms. The molecule has 0 amide bonds. The van der Waals surface area contributed by atoms with Crippen LogP contribution in [-0.4, -0.2) is 45.5 Å². The van der Waals surface area contributed by atoms with Crippen molar-refractivity contribution in [3.8, 4) is 0 Å². The molecule has 4 heteroatoms. The summed E-state index contributed by atoms with van der Waals surface area (Å²) in [7, 11) is 0. The van der Waals surface area contributed by atoms with E-state index in [0.29, 0.717) is 6.42 Å². The number of aromatic nitrogens is 2. The molecule has 0 aliphatic rings.